The molecule has 0 saturated heterocycles. The van der Waals surface area contributed by atoms with Gasteiger partial charge in [-0.3, -0.25) is 0 Å². The van der Waals surface area contributed by atoms with Crippen molar-refractivity contribution in [2.24, 2.45) is 16.2 Å². The van der Waals surface area contributed by atoms with Gasteiger partial charge < -0.3 is 9.64 Å². The minimum atomic E-state index is -0.268. The van der Waals surface area contributed by atoms with E-state index in [2.05, 4.69) is 88.0 Å². The molecule has 0 N–H and O–H groups in total. The largest absolute Gasteiger partial charge is 0.438 e. The van der Waals surface area contributed by atoms with Crippen LogP contribution in [-0.4, -0.2) is 22.6 Å². The van der Waals surface area contributed by atoms with E-state index in [0.29, 0.717) is 0 Å². The number of allylic oxidation sites excluding steroid dienone is 1. The van der Waals surface area contributed by atoms with Crippen molar-refractivity contribution in [3.63, 3.8) is 0 Å². The first-order valence-corrected chi connectivity index (χ1v) is 8.64. The molecule has 134 valence electrons. The number of cyclic esters (lactones) is 1. The Labute approximate surface area is 143 Å². The van der Waals surface area contributed by atoms with Gasteiger partial charge in [0, 0.05) is 22.1 Å². The number of hydrogen-bond acceptors (Lipinski definition) is 3. The van der Waals surface area contributed by atoms with Crippen LogP contribution in [-0.2, 0) is 9.53 Å². The minimum Gasteiger partial charge on any atom is -0.438 e. The van der Waals surface area contributed by atoms with Gasteiger partial charge in [-0.25, -0.2) is 4.79 Å². The zero-order chi connectivity index (χ0) is 18.6. The highest BCUT2D eigenvalue weighted by Crippen LogP contribution is 2.48. The molecule has 0 bridgehead atoms. The molecule has 1 aliphatic heterocycles. The van der Waals surface area contributed by atoms with Crippen LogP contribution in [0.15, 0.2) is 11.3 Å². The Bertz CT molecular complexity index is 502. The van der Waals surface area contributed by atoms with Crippen molar-refractivity contribution in [2.75, 3.05) is 0 Å². The van der Waals surface area contributed by atoms with Gasteiger partial charge >= 0.3 is 5.97 Å². The third kappa shape index (κ3) is 4.10. The first-order valence-electron chi connectivity index (χ1n) is 8.64. The number of ether oxygens (including phenoxy) is 1. The highest BCUT2D eigenvalue weighted by molar-refractivity contribution is 5.91. The van der Waals surface area contributed by atoms with E-state index in [1.807, 2.05) is 0 Å². The van der Waals surface area contributed by atoms with E-state index in [9.17, 15) is 4.79 Å². The predicted octanol–water partition coefficient (Wildman–Crippen LogP) is 5.36. The van der Waals surface area contributed by atoms with E-state index in [4.69, 9.17) is 4.74 Å². The lowest BCUT2D eigenvalue weighted by molar-refractivity contribution is -0.182. The van der Waals surface area contributed by atoms with Crippen LogP contribution in [0.4, 0.5) is 0 Å². The fourth-order valence-electron chi connectivity index (χ4n) is 3.20. The quantitative estimate of drug-likeness (QED) is 0.562. The molecule has 0 fully saturated rings. The van der Waals surface area contributed by atoms with E-state index >= 15 is 0 Å². The predicted molar refractivity (Wildman–Crippen MR) is 96.9 cm³/mol. The second kappa shape index (κ2) is 5.53. The summed E-state index contributed by atoms with van der Waals surface area (Å²) in [6.45, 7) is 25.8. The maximum atomic E-state index is 12.9. The second-order valence-electron chi connectivity index (χ2n) is 10.9. The Balaban J connectivity index is 3.82. The lowest BCUT2D eigenvalue weighted by Crippen LogP contribution is -2.60. The van der Waals surface area contributed by atoms with Gasteiger partial charge in [0.1, 0.15) is 0 Å². The molecule has 1 unspecified atom stereocenters. The van der Waals surface area contributed by atoms with Crippen LogP contribution >= 0.6 is 0 Å². The fourth-order valence-corrected chi connectivity index (χ4v) is 3.20. The van der Waals surface area contributed by atoms with E-state index in [1.165, 1.54) is 0 Å². The van der Waals surface area contributed by atoms with Gasteiger partial charge in [-0.15, -0.1) is 0 Å². The Kier molecular flexibility index (Phi) is 4.82. The number of carbonyl (C=O) groups is 1. The van der Waals surface area contributed by atoms with E-state index in [-0.39, 0.29) is 34.0 Å². The van der Waals surface area contributed by atoms with Gasteiger partial charge in [0.05, 0.1) is 5.57 Å². The molecule has 23 heavy (non-hydrogen) atoms. The highest BCUT2D eigenvalue weighted by Gasteiger charge is 2.50. The molecule has 1 aliphatic rings. The standard InChI is InChI=1S/C20H37NO2/c1-17(2,3)13-14(18(4,5)6)21(20(10,11)12)16(19(7,8)9)23-15(13)22/h16H,1-12H3. The zero-order valence-corrected chi connectivity index (χ0v) is 17.3. The summed E-state index contributed by atoms with van der Waals surface area (Å²) in [5, 5.41) is 0. The van der Waals surface area contributed by atoms with Crippen molar-refractivity contribution >= 4 is 5.97 Å². The van der Waals surface area contributed by atoms with Crippen molar-refractivity contribution in [1.29, 1.82) is 0 Å². The molecule has 0 aromatic carbocycles. The summed E-state index contributed by atoms with van der Waals surface area (Å²) in [4.78, 5) is 15.3. The molecule has 1 heterocycles. The number of esters is 1. The van der Waals surface area contributed by atoms with Gasteiger partial charge in [-0.2, -0.15) is 0 Å². The van der Waals surface area contributed by atoms with Gasteiger partial charge in [0.15, 0.2) is 6.23 Å². The van der Waals surface area contributed by atoms with Gasteiger partial charge in [0.2, 0.25) is 0 Å². The Hall–Kier alpha value is -0.990. The topological polar surface area (TPSA) is 29.5 Å². The molecule has 3 heteroatoms. The van der Waals surface area contributed by atoms with E-state index < -0.39 is 0 Å². The van der Waals surface area contributed by atoms with Crippen LogP contribution < -0.4 is 0 Å². The lowest BCUT2D eigenvalue weighted by atomic mass is 9.74. The molecule has 0 spiro atoms. The molecular weight excluding hydrogens is 286 g/mol. The lowest BCUT2D eigenvalue weighted by Gasteiger charge is -2.55. The molecule has 0 aromatic heterocycles. The molecule has 0 amide bonds. The first kappa shape index (κ1) is 20.1. The molecule has 1 atom stereocenters. The smallest absolute Gasteiger partial charge is 0.338 e. The van der Waals surface area contributed by atoms with Crippen molar-refractivity contribution in [2.45, 2.75) is 94.9 Å². The average Bonchev–Trinajstić information content (AvgIpc) is 2.21. The monoisotopic (exact) mass is 323 g/mol. The molecular formula is C20H37NO2. The number of hydrogen-bond donors (Lipinski definition) is 0. The van der Waals surface area contributed by atoms with Crippen LogP contribution in [0.3, 0.4) is 0 Å². The van der Waals surface area contributed by atoms with Gasteiger partial charge in [-0.1, -0.05) is 62.3 Å². The molecule has 0 aromatic rings. The summed E-state index contributed by atoms with van der Waals surface area (Å²) in [5.41, 5.74) is 1.22. The minimum absolute atomic E-state index is 0.140. The maximum Gasteiger partial charge on any atom is 0.338 e. The average molecular weight is 324 g/mol. The number of rotatable bonds is 0. The first-order chi connectivity index (χ1) is 9.88. The Morgan fingerprint density at radius 1 is 0.783 bits per heavy atom. The summed E-state index contributed by atoms with van der Waals surface area (Å²) in [7, 11) is 0. The number of nitrogens with zero attached hydrogens (tertiary/aromatic N) is 1. The Morgan fingerprint density at radius 3 is 1.48 bits per heavy atom. The van der Waals surface area contributed by atoms with Crippen molar-refractivity contribution < 1.29 is 9.53 Å². The third-order valence-corrected chi connectivity index (χ3v) is 4.06. The molecule has 1 rings (SSSR count). The number of carbonyl (C=O) groups excluding carboxylic acids is 1. The summed E-state index contributed by atoms with van der Waals surface area (Å²) in [6.07, 6.45) is -0.268. The molecule has 0 aliphatic carbocycles. The van der Waals surface area contributed by atoms with Crippen LogP contribution in [0.5, 0.6) is 0 Å². The fraction of sp³-hybridized carbons (Fsp3) is 0.850. The van der Waals surface area contributed by atoms with Crippen LogP contribution in [0.2, 0.25) is 0 Å². The molecule has 3 nitrogen and oxygen atoms in total. The van der Waals surface area contributed by atoms with E-state index in [0.717, 1.165) is 11.3 Å². The molecule has 0 saturated carbocycles. The third-order valence-electron chi connectivity index (χ3n) is 4.06. The van der Waals surface area contributed by atoms with E-state index in [1.54, 1.807) is 0 Å². The normalized spacial score (nSPS) is 21.7. The van der Waals surface area contributed by atoms with Crippen molar-refractivity contribution in [3.8, 4) is 0 Å². The van der Waals surface area contributed by atoms with Crippen LogP contribution in [0.1, 0.15) is 83.1 Å². The summed E-state index contributed by atoms with van der Waals surface area (Å²) in [6, 6.07) is 0. The summed E-state index contributed by atoms with van der Waals surface area (Å²) < 4.78 is 5.98. The van der Waals surface area contributed by atoms with Gasteiger partial charge in [-0.05, 0) is 26.2 Å². The SMILES string of the molecule is CC(C)(C)C1=C(C(C)(C)C)N(C(C)(C)C)C(C(C)(C)C)OC1=O. The van der Waals surface area contributed by atoms with Crippen LogP contribution in [0, 0.1) is 16.2 Å². The second-order valence-corrected chi connectivity index (χ2v) is 10.9. The Morgan fingerprint density at radius 2 is 1.22 bits per heavy atom. The van der Waals surface area contributed by atoms with Crippen LogP contribution in [0.25, 0.3) is 0 Å². The maximum absolute atomic E-state index is 12.9. The highest BCUT2D eigenvalue weighted by atomic mass is 16.6. The van der Waals surface area contributed by atoms with Crippen molar-refractivity contribution in [3.05, 3.63) is 11.3 Å². The summed E-state index contributed by atoms with van der Waals surface area (Å²) >= 11 is 0. The summed E-state index contributed by atoms with van der Waals surface area (Å²) in [5.74, 6) is -0.164. The van der Waals surface area contributed by atoms with Crippen molar-refractivity contribution in [1.82, 2.24) is 4.90 Å². The van der Waals surface area contributed by atoms with Gasteiger partial charge in [0.25, 0.3) is 0 Å². The molecule has 0 radical (unpaired) electrons. The zero-order valence-electron chi connectivity index (χ0n) is 17.3.